The van der Waals surface area contributed by atoms with E-state index >= 15 is 0 Å². The predicted octanol–water partition coefficient (Wildman–Crippen LogP) is 3.09. The Labute approximate surface area is 154 Å². The highest BCUT2D eigenvalue weighted by Crippen LogP contribution is 2.34. The van der Waals surface area contributed by atoms with E-state index in [1.807, 2.05) is 0 Å². The van der Waals surface area contributed by atoms with Crippen molar-refractivity contribution in [1.29, 1.82) is 0 Å². The van der Waals surface area contributed by atoms with E-state index < -0.39 is 18.0 Å². The third kappa shape index (κ3) is 8.78. The van der Waals surface area contributed by atoms with E-state index in [0.717, 1.165) is 11.5 Å². The van der Waals surface area contributed by atoms with E-state index in [4.69, 9.17) is 10.2 Å². The molecule has 6 heteroatoms. The Kier molecular flexibility index (Phi) is 9.62. The van der Waals surface area contributed by atoms with Crippen LogP contribution in [-0.2, 0) is 9.59 Å². The van der Waals surface area contributed by atoms with E-state index in [2.05, 4.69) is 43.4 Å². The Bertz CT molecular complexity index is 573. The maximum absolute atomic E-state index is 10.1. The Morgan fingerprint density at radius 2 is 1.58 bits per heavy atom. The SMILES string of the molecule is CC(C)NCC(O)c1ccc(C2CCCC2)cc1.O=C(O)/C=C\C(=O)O. The van der Waals surface area contributed by atoms with Gasteiger partial charge in [0.15, 0.2) is 0 Å². The molecule has 0 aromatic heterocycles. The van der Waals surface area contributed by atoms with Crippen LogP contribution in [0.25, 0.3) is 0 Å². The molecule has 26 heavy (non-hydrogen) atoms. The Morgan fingerprint density at radius 1 is 1.08 bits per heavy atom. The number of carboxylic acids is 2. The van der Waals surface area contributed by atoms with Crippen molar-refractivity contribution < 1.29 is 24.9 Å². The van der Waals surface area contributed by atoms with E-state index in [0.29, 0.717) is 24.7 Å². The van der Waals surface area contributed by atoms with Crippen LogP contribution < -0.4 is 5.32 Å². The molecular formula is C20H29NO5. The Hall–Kier alpha value is -2.18. The van der Waals surface area contributed by atoms with Crippen LogP contribution >= 0.6 is 0 Å². The van der Waals surface area contributed by atoms with Crippen molar-refractivity contribution in [2.24, 2.45) is 0 Å². The van der Waals surface area contributed by atoms with Crippen molar-refractivity contribution in [2.75, 3.05) is 6.54 Å². The van der Waals surface area contributed by atoms with Gasteiger partial charge >= 0.3 is 11.9 Å². The van der Waals surface area contributed by atoms with Crippen molar-refractivity contribution >= 4 is 11.9 Å². The van der Waals surface area contributed by atoms with Gasteiger partial charge in [-0.15, -0.1) is 0 Å². The first kappa shape index (κ1) is 21.9. The zero-order valence-electron chi connectivity index (χ0n) is 15.4. The quantitative estimate of drug-likeness (QED) is 0.555. The molecule has 4 N–H and O–H groups in total. The standard InChI is InChI=1S/C16H25NO.C4H4O4/c1-12(2)17-11-16(18)15-9-7-14(8-10-15)13-5-3-4-6-13;5-3(6)1-2-4(7)8/h7-10,12-13,16-18H,3-6,11H2,1-2H3;1-2H,(H,5,6)(H,7,8)/b;2-1-. The molecule has 1 fully saturated rings. The smallest absolute Gasteiger partial charge is 0.328 e. The third-order valence-corrected chi connectivity index (χ3v) is 4.24. The molecule has 0 spiro atoms. The first-order valence-corrected chi connectivity index (χ1v) is 8.94. The summed E-state index contributed by atoms with van der Waals surface area (Å²) in [5.41, 5.74) is 2.46. The number of hydrogen-bond donors (Lipinski definition) is 4. The van der Waals surface area contributed by atoms with Crippen molar-refractivity contribution in [1.82, 2.24) is 5.32 Å². The largest absolute Gasteiger partial charge is 0.478 e. The molecule has 0 aliphatic heterocycles. The predicted molar refractivity (Wildman–Crippen MR) is 100 cm³/mol. The van der Waals surface area contributed by atoms with Gasteiger partial charge in [-0.1, -0.05) is 51.0 Å². The van der Waals surface area contributed by atoms with E-state index in [1.54, 1.807) is 0 Å². The van der Waals surface area contributed by atoms with Gasteiger partial charge in [0.25, 0.3) is 0 Å². The van der Waals surface area contributed by atoms with Gasteiger partial charge in [-0.2, -0.15) is 0 Å². The molecule has 1 atom stereocenters. The average Bonchev–Trinajstić information content (AvgIpc) is 3.13. The number of rotatable bonds is 7. The fourth-order valence-electron chi connectivity index (χ4n) is 2.86. The van der Waals surface area contributed by atoms with Crippen LogP contribution in [0.15, 0.2) is 36.4 Å². The summed E-state index contributed by atoms with van der Waals surface area (Å²) >= 11 is 0. The van der Waals surface area contributed by atoms with Gasteiger partial charge in [0.2, 0.25) is 0 Å². The summed E-state index contributed by atoms with van der Waals surface area (Å²) < 4.78 is 0. The molecule has 0 saturated heterocycles. The topological polar surface area (TPSA) is 107 Å². The molecule has 1 saturated carbocycles. The molecule has 1 aromatic rings. The van der Waals surface area contributed by atoms with Crippen LogP contribution in [0.2, 0.25) is 0 Å². The van der Waals surface area contributed by atoms with Crippen molar-refractivity contribution in [3.63, 3.8) is 0 Å². The lowest BCUT2D eigenvalue weighted by molar-refractivity contribution is -0.134. The molecule has 6 nitrogen and oxygen atoms in total. The van der Waals surface area contributed by atoms with Gasteiger partial charge in [-0.05, 0) is 29.9 Å². The molecule has 0 radical (unpaired) electrons. The number of nitrogens with one attached hydrogen (secondary N) is 1. The molecule has 2 rings (SSSR count). The molecule has 144 valence electrons. The normalized spacial score (nSPS) is 15.7. The fourth-order valence-corrected chi connectivity index (χ4v) is 2.86. The van der Waals surface area contributed by atoms with Gasteiger partial charge < -0.3 is 20.6 Å². The first-order chi connectivity index (χ1) is 12.3. The van der Waals surface area contributed by atoms with E-state index in [1.165, 1.54) is 31.2 Å². The van der Waals surface area contributed by atoms with Crippen molar-refractivity contribution in [2.45, 2.75) is 57.6 Å². The summed E-state index contributed by atoms with van der Waals surface area (Å²) in [6, 6.07) is 8.98. The van der Waals surface area contributed by atoms with Gasteiger partial charge in [-0.3, -0.25) is 0 Å². The molecular weight excluding hydrogens is 334 g/mol. The summed E-state index contributed by atoms with van der Waals surface area (Å²) in [6.07, 6.45) is 6.11. The van der Waals surface area contributed by atoms with Crippen LogP contribution in [0.3, 0.4) is 0 Å². The maximum atomic E-state index is 10.1. The molecule has 0 heterocycles. The van der Waals surface area contributed by atoms with Crippen LogP contribution in [0.4, 0.5) is 0 Å². The number of benzene rings is 1. The number of aliphatic hydroxyl groups excluding tert-OH is 1. The van der Waals surface area contributed by atoms with Gasteiger partial charge in [0, 0.05) is 24.7 Å². The lowest BCUT2D eigenvalue weighted by atomic mass is 9.96. The highest BCUT2D eigenvalue weighted by atomic mass is 16.4. The summed E-state index contributed by atoms with van der Waals surface area (Å²) in [5.74, 6) is -1.76. The van der Waals surface area contributed by atoms with Crippen molar-refractivity contribution in [3.05, 3.63) is 47.5 Å². The van der Waals surface area contributed by atoms with Crippen LogP contribution in [0.5, 0.6) is 0 Å². The maximum Gasteiger partial charge on any atom is 0.328 e. The molecule has 1 aliphatic carbocycles. The van der Waals surface area contributed by atoms with Crippen LogP contribution in [0, 0.1) is 0 Å². The minimum absolute atomic E-state index is 0.398. The van der Waals surface area contributed by atoms with Crippen LogP contribution in [0.1, 0.15) is 62.7 Å². The Balaban J connectivity index is 0.000000359. The summed E-state index contributed by atoms with van der Waals surface area (Å²) in [6.45, 7) is 4.81. The lowest BCUT2D eigenvalue weighted by Gasteiger charge is -2.16. The molecule has 0 bridgehead atoms. The number of carboxylic acid groups (broad SMARTS) is 2. The summed E-state index contributed by atoms with van der Waals surface area (Å²) in [5, 5.41) is 29.0. The summed E-state index contributed by atoms with van der Waals surface area (Å²) in [4.78, 5) is 19.1. The zero-order chi connectivity index (χ0) is 19.5. The molecule has 1 aromatic carbocycles. The minimum Gasteiger partial charge on any atom is -0.478 e. The van der Waals surface area contributed by atoms with E-state index in [9.17, 15) is 14.7 Å². The zero-order valence-corrected chi connectivity index (χ0v) is 15.4. The second-order valence-electron chi connectivity index (χ2n) is 6.74. The van der Waals surface area contributed by atoms with Gasteiger partial charge in [0.1, 0.15) is 0 Å². The second-order valence-corrected chi connectivity index (χ2v) is 6.74. The first-order valence-electron chi connectivity index (χ1n) is 8.94. The molecule has 0 amide bonds. The Morgan fingerprint density at radius 3 is 2.00 bits per heavy atom. The number of carbonyl (C=O) groups is 2. The number of aliphatic carboxylic acids is 2. The molecule has 1 unspecified atom stereocenters. The summed E-state index contributed by atoms with van der Waals surface area (Å²) in [7, 11) is 0. The second kappa shape index (κ2) is 11.4. The number of aliphatic hydroxyl groups is 1. The number of hydrogen-bond acceptors (Lipinski definition) is 4. The fraction of sp³-hybridized carbons (Fsp3) is 0.500. The monoisotopic (exact) mass is 363 g/mol. The highest BCUT2D eigenvalue weighted by Gasteiger charge is 2.17. The lowest BCUT2D eigenvalue weighted by Crippen LogP contribution is -2.27. The third-order valence-electron chi connectivity index (χ3n) is 4.24. The van der Waals surface area contributed by atoms with Crippen molar-refractivity contribution in [3.8, 4) is 0 Å². The van der Waals surface area contributed by atoms with Gasteiger partial charge in [-0.25, -0.2) is 9.59 Å². The van der Waals surface area contributed by atoms with E-state index in [-0.39, 0.29) is 0 Å². The molecule has 1 aliphatic rings. The van der Waals surface area contributed by atoms with Gasteiger partial charge in [0.05, 0.1) is 6.10 Å². The average molecular weight is 363 g/mol. The highest BCUT2D eigenvalue weighted by molar-refractivity contribution is 5.89. The van der Waals surface area contributed by atoms with Crippen LogP contribution in [-0.4, -0.2) is 39.8 Å². The minimum atomic E-state index is -1.26.